The van der Waals surface area contributed by atoms with Crippen LogP contribution in [-0.4, -0.2) is 11.6 Å². The minimum atomic E-state index is -0.184. The Morgan fingerprint density at radius 1 is 1.28 bits per heavy atom. The van der Waals surface area contributed by atoms with Crippen molar-refractivity contribution in [3.05, 3.63) is 55.8 Å². The summed E-state index contributed by atoms with van der Waals surface area (Å²) in [6.45, 7) is 1.88. The van der Waals surface area contributed by atoms with Crippen LogP contribution in [0.1, 0.15) is 22.2 Å². The highest BCUT2D eigenvalue weighted by atomic mass is 127. The zero-order valence-electron chi connectivity index (χ0n) is 9.68. The molecule has 2 rings (SSSR count). The fourth-order valence-electron chi connectivity index (χ4n) is 1.38. The monoisotopic (exact) mass is 370 g/mol. The Morgan fingerprint density at radius 2 is 2.06 bits per heavy atom. The van der Waals surface area contributed by atoms with Crippen molar-refractivity contribution in [3.8, 4) is 0 Å². The first kappa shape index (κ1) is 13.2. The Balaban J connectivity index is 2.09. The van der Waals surface area contributed by atoms with Gasteiger partial charge in [0.15, 0.2) is 0 Å². The number of hydrazone groups is 1. The molecule has 0 radical (unpaired) electrons. The third-order valence-electron chi connectivity index (χ3n) is 2.32. The van der Waals surface area contributed by atoms with Gasteiger partial charge in [-0.2, -0.15) is 5.10 Å². The van der Waals surface area contributed by atoms with Crippen molar-refractivity contribution in [1.82, 2.24) is 5.43 Å². The van der Waals surface area contributed by atoms with E-state index in [-0.39, 0.29) is 5.91 Å². The summed E-state index contributed by atoms with van der Waals surface area (Å²) in [5, 5.41) is 6.09. The van der Waals surface area contributed by atoms with Crippen molar-refractivity contribution in [2.24, 2.45) is 5.10 Å². The molecule has 0 aliphatic heterocycles. The van der Waals surface area contributed by atoms with Crippen LogP contribution < -0.4 is 5.43 Å². The van der Waals surface area contributed by atoms with Gasteiger partial charge in [-0.15, -0.1) is 11.3 Å². The lowest BCUT2D eigenvalue weighted by atomic mass is 10.2. The van der Waals surface area contributed by atoms with Crippen LogP contribution in [0.2, 0.25) is 0 Å². The predicted octanol–water partition coefficient (Wildman–Crippen LogP) is 3.51. The normalized spacial score (nSPS) is 11.3. The summed E-state index contributed by atoms with van der Waals surface area (Å²) in [4.78, 5) is 13.0. The molecule has 0 saturated carbocycles. The number of thiophene rings is 1. The van der Waals surface area contributed by atoms with Crippen molar-refractivity contribution in [2.45, 2.75) is 6.92 Å². The van der Waals surface area contributed by atoms with Crippen LogP contribution in [-0.2, 0) is 0 Å². The molecule has 0 fully saturated rings. The summed E-state index contributed by atoms with van der Waals surface area (Å²) in [5.41, 5.74) is 4.03. The molecule has 1 N–H and O–H groups in total. The summed E-state index contributed by atoms with van der Waals surface area (Å²) in [5.74, 6) is -0.184. The zero-order valence-corrected chi connectivity index (χ0v) is 12.7. The van der Waals surface area contributed by atoms with E-state index in [1.807, 2.05) is 42.6 Å². The van der Waals surface area contributed by atoms with Gasteiger partial charge in [0.25, 0.3) is 5.91 Å². The number of nitrogens with one attached hydrogen (secondary N) is 1. The molecule has 0 aliphatic rings. The van der Waals surface area contributed by atoms with Gasteiger partial charge in [-0.25, -0.2) is 5.43 Å². The SMILES string of the molecule is C/C(=N\NC(=O)c1ccccc1I)c1cccs1. The lowest BCUT2D eigenvalue weighted by Crippen LogP contribution is -2.20. The molecule has 3 nitrogen and oxygen atoms in total. The van der Waals surface area contributed by atoms with E-state index >= 15 is 0 Å². The summed E-state index contributed by atoms with van der Waals surface area (Å²) in [6.07, 6.45) is 0. The molecule has 0 unspecified atom stereocenters. The van der Waals surface area contributed by atoms with Crippen LogP contribution >= 0.6 is 33.9 Å². The largest absolute Gasteiger partial charge is 0.272 e. The zero-order chi connectivity index (χ0) is 13.0. The van der Waals surface area contributed by atoms with Crippen molar-refractivity contribution < 1.29 is 4.79 Å². The van der Waals surface area contributed by atoms with E-state index in [4.69, 9.17) is 0 Å². The summed E-state index contributed by atoms with van der Waals surface area (Å²) in [6, 6.07) is 11.4. The standard InChI is InChI=1S/C13H11IN2OS/c1-9(12-7-4-8-18-12)15-16-13(17)10-5-2-3-6-11(10)14/h2-8H,1H3,(H,16,17)/b15-9+. The molecule has 0 bridgehead atoms. The second-order valence-corrected chi connectivity index (χ2v) is 5.71. The van der Waals surface area contributed by atoms with Crippen molar-refractivity contribution in [3.63, 3.8) is 0 Å². The smallest absolute Gasteiger partial charge is 0.267 e. The highest BCUT2D eigenvalue weighted by molar-refractivity contribution is 14.1. The fraction of sp³-hybridized carbons (Fsp3) is 0.0769. The second-order valence-electron chi connectivity index (χ2n) is 3.60. The first-order valence-electron chi connectivity index (χ1n) is 5.31. The molecular weight excluding hydrogens is 359 g/mol. The molecule has 0 spiro atoms. The number of carbonyl (C=O) groups excluding carboxylic acids is 1. The Hall–Kier alpha value is -1.21. The second kappa shape index (κ2) is 6.10. The van der Waals surface area contributed by atoms with Crippen LogP contribution in [0.15, 0.2) is 46.9 Å². The Labute approximate surface area is 123 Å². The van der Waals surface area contributed by atoms with Gasteiger partial charge in [-0.05, 0) is 53.1 Å². The average molecular weight is 370 g/mol. The van der Waals surface area contributed by atoms with Gasteiger partial charge in [0.05, 0.1) is 11.3 Å². The number of carbonyl (C=O) groups is 1. The lowest BCUT2D eigenvalue weighted by molar-refractivity contribution is 0.0954. The van der Waals surface area contributed by atoms with Gasteiger partial charge in [0, 0.05) is 8.45 Å². The molecule has 1 amide bonds. The highest BCUT2D eigenvalue weighted by Gasteiger charge is 2.08. The molecule has 2 aromatic rings. The number of amides is 1. The summed E-state index contributed by atoms with van der Waals surface area (Å²) < 4.78 is 0.913. The van der Waals surface area contributed by atoms with E-state index in [0.717, 1.165) is 14.2 Å². The first-order valence-corrected chi connectivity index (χ1v) is 7.27. The molecule has 1 aromatic carbocycles. The van der Waals surface area contributed by atoms with E-state index in [1.54, 1.807) is 17.4 Å². The van der Waals surface area contributed by atoms with E-state index in [0.29, 0.717) is 5.56 Å². The number of nitrogens with zero attached hydrogens (tertiary/aromatic N) is 1. The third-order valence-corrected chi connectivity index (χ3v) is 4.24. The molecule has 92 valence electrons. The predicted molar refractivity (Wildman–Crippen MR) is 83.2 cm³/mol. The van der Waals surface area contributed by atoms with Crippen LogP contribution in [0.4, 0.5) is 0 Å². The number of hydrogen-bond donors (Lipinski definition) is 1. The Morgan fingerprint density at radius 3 is 2.72 bits per heavy atom. The maximum atomic E-state index is 11.9. The topological polar surface area (TPSA) is 41.5 Å². The van der Waals surface area contributed by atoms with Gasteiger partial charge in [0.2, 0.25) is 0 Å². The minimum Gasteiger partial charge on any atom is -0.267 e. The van der Waals surface area contributed by atoms with E-state index in [2.05, 4.69) is 33.1 Å². The van der Waals surface area contributed by atoms with Gasteiger partial charge in [-0.3, -0.25) is 4.79 Å². The maximum Gasteiger partial charge on any atom is 0.272 e. The average Bonchev–Trinajstić information content (AvgIpc) is 2.90. The molecule has 1 heterocycles. The number of rotatable bonds is 3. The number of hydrogen-bond acceptors (Lipinski definition) is 3. The maximum absolute atomic E-state index is 11.9. The number of halogens is 1. The molecule has 0 aliphatic carbocycles. The summed E-state index contributed by atoms with van der Waals surface area (Å²) in [7, 11) is 0. The van der Waals surface area contributed by atoms with Crippen molar-refractivity contribution >= 4 is 45.5 Å². The summed E-state index contributed by atoms with van der Waals surface area (Å²) >= 11 is 3.73. The molecule has 18 heavy (non-hydrogen) atoms. The van der Waals surface area contributed by atoms with Gasteiger partial charge < -0.3 is 0 Å². The quantitative estimate of drug-likeness (QED) is 0.502. The molecule has 0 atom stereocenters. The van der Waals surface area contributed by atoms with Crippen molar-refractivity contribution in [1.29, 1.82) is 0 Å². The Bertz CT molecular complexity index is 578. The number of benzene rings is 1. The highest BCUT2D eigenvalue weighted by Crippen LogP contribution is 2.12. The molecular formula is C13H11IN2OS. The van der Waals surface area contributed by atoms with Gasteiger partial charge >= 0.3 is 0 Å². The molecule has 1 aromatic heterocycles. The lowest BCUT2D eigenvalue weighted by Gasteiger charge is -2.03. The van der Waals surface area contributed by atoms with Crippen molar-refractivity contribution in [2.75, 3.05) is 0 Å². The van der Waals surface area contributed by atoms with Crippen LogP contribution in [0.25, 0.3) is 0 Å². The van der Waals surface area contributed by atoms with E-state index in [1.165, 1.54) is 0 Å². The van der Waals surface area contributed by atoms with Crippen LogP contribution in [0.3, 0.4) is 0 Å². The van der Waals surface area contributed by atoms with Gasteiger partial charge in [-0.1, -0.05) is 18.2 Å². The Kier molecular flexibility index (Phi) is 4.48. The van der Waals surface area contributed by atoms with E-state index < -0.39 is 0 Å². The minimum absolute atomic E-state index is 0.184. The first-order chi connectivity index (χ1) is 8.68. The molecule has 0 saturated heterocycles. The fourth-order valence-corrected chi connectivity index (χ4v) is 2.69. The van der Waals surface area contributed by atoms with Gasteiger partial charge in [0.1, 0.15) is 0 Å². The third kappa shape index (κ3) is 3.17. The molecule has 5 heteroatoms. The van der Waals surface area contributed by atoms with Crippen LogP contribution in [0, 0.1) is 3.57 Å². The van der Waals surface area contributed by atoms with Crippen LogP contribution in [0.5, 0.6) is 0 Å². The van der Waals surface area contributed by atoms with E-state index in [9.17, 15) is 4.79 Å².